The van der Waals surface area contributed by atoms with Gasteiger partial charge in [-0.1, -0.05) is 0 Å². The Labute approximate surface area is 95.9 Å². The predicted molar refractivity (Wildman–Crippen MR) is 64.3 cm³/mol. The lowest BCUT2D eigenvalue weighted by Gasteiger charge is -2.24. The summed E-state index contributed by atoms with van der Waals surface area (Å²) in [4.78, 5) is 8.66. The summed E-state index contributed by atoms with van der Waals surface area (Å²) in [5, 5.41) is 0.735. The summed E-state index contributed by atoms with van der Waals surface area (Å²) < 4.78 is 5.26. The fourth-order valence-corrected chi connectivity index (χ4v) is 2.04. The van der Waals surface area contributed by atoms with Crippen LogP contribution in [0.1, 0.15) is 12.8 Å². The molecule has 0 bridgehead atoms. The van der Waals surface area contributed by atoms with Gasteiger partial charge in [0.1, 0.15) is 0 Å². The molecule has 2 aliphatic heterocycles. The Bertz CT molecular complexity index is 245. The predicted octanol–water partition coefficient (Wildman–Crippen LogP) is 0.728. The molecule has 2 aliphatic rings. The van der Waals surface area contributed by atoms with E-state index < -0.39 is 0 Å². The standard InChI is InChI=1S/C10H17N3OS/c15-10(13-3-1-2-4-13)11-9-12-5-7-14-8-6-12/h9H,1-8H2. The highest BCUT2D eigenvalue weighted by molar-refractivity contribution is 7.80. The largest absolute Gasteiger partial charge is 0.378 e. The molecule has 0 aromatic heterocycles. The second kappa shape index (κ2) is 5.42. The lowest BCUT2D eigenvalue weighted by Crippen LogP contribution is -2.36. The Morgan fingerprint density at radius 3 is 2.47 bits per heavy atom. The summed E-state index contributed by atoms with van der Waals surface area (Å²) in [5.41, 5.74) is 0. The van der Waals surface area contributed by atoms with Gasteiger partial charge in [-0.05, 0) is 25.1 Å². The van der Waals surface area contributed by atoms with Gasteiger partial charge < -0.3 is 14.5 Å². The van der Waals surface area contributed by atoms with Crippen LogP contribution in [0.25, 0.3) is 0 Å². The third kappa shape index (κ3) is 3.14. The average Bonchev–Trinajstić information content (AvgIpc) is 2.81. The number of likely N-dealkylation sites (tertiary alicyclic amines) is 1. The fourth-order valence-electron chi connectivity index (χ4n) is 1.81. The number of rotatable bonds is 1. The molecule has 84 valence electrons. The van der Waals surface area contributed by atoms with Crippen molar-refractivity contribution < 1.29 is 4.74 Å². The van der Waals surface area contributed by atoms with Crippen molar-refractivity contribution in [2.45, 2.75) is 12.8 Å². The van der Waals surface area contributed by atoms with Crippen molar-refractivity contribution in [3.8, 4) is 0 Å². The number of aliphatic imine (C=N–C) groups is 1. The zero-order valence-electron chi connectivity index (χ0n) is 8.89. The van der Waals surface area contributed by atoms with Gasteiger partial charge in [0.05, 0.1) is 19.6 Å². The molecule has 0 aromatic rings. The van der Waals surface area contributed by atoms with Gasteiger partial charge in [-0.15, -0.1) is 0 Å². The minimum absolute atomic E-state index is 0.735. The molecule has 2 fully saturated rings. The molecular weight excluding hydrogens is 210 g/mol. The molecule has 0 spiro atoms. The smallest absolute Gasteiger partial charge is 0.196 e. The van der Waals surface area contributed by atoms with E-state index in [1.807, 2.05) is 6.34 Å². The quantitative estimate of drug-likeness (QED) is 0.375. The van der Waals surface area contributed by atoms with Gasteiger partial charge in [0, 0.05) is 26.2 Å². The second-order valence-electron chi connectivity index (χ2n) is 3.87. The van der Waals surface area contributed by atoms with Crippen LogP contribution in [-0.4, -0.2) is 60.6 Å². The number of morpholine rings is 1. The summed E-state index contributed by atoms with van der Waals surface area (Å²) in [6.07, 6.45) is 4.35. The van der Waals surface area contributed by atoms with Crippen molar-refractivity contribution >= 4 is 23.7 Å². The molecule has 0 unspecified atom stereocenters. The van der Waals surface area contributed by atoms with Crippen molar-refractivity contribution in [1.82, 2.24) is 9.80 Å². The van der Waals surface area contributed by atoms with E-state index in [0.29, 0.717) is 0 Å². The average molecular weight is 227 g/mol. The van der Waals surface area contributed by atoms with Crippen LogP contribution in [0.3, 0.4) is 0 Å². The van der Waals surface area contributed by atoms with E-state index in [2.05, 4.69) is 14.8 Å². The molecule has 0 radical (unpaired) electrons. The molecular formula is C10H17N3OS. The first-order valence-corrected chi connectivity index (χ1v) is 5.92. The number of thiocarbonyl (C=S) groups is 1. The van der Waals surface area contributed by atoms with E-state index in [0.717, 1.165) is 44.5 Å². The minimum Gasteiger partial charge on any atom is -0.378 e. The Hall–Kier alpha value is -0.680. The van der Waals surface area contributed by atoms with Crippen molar-refractivity contribution in [3.63, 3.8) is 0 Å². The summed E-state index contributed by atoms with van der Waals surface area (Å²) in [6, 6.07) is 0. The summed E-state index contributed by atoms with van der Waals surface area (Å²) in [6.45, 7) is 5.57. The van der Waals surface area contributed by atoms with Gasteiger partial charge in [0.15, 0.2) is 5.11 Å². The molecule has 0 aromatic carbocycles. The van der Waals surface area contributed by atoms with Gasteiger partial charge in [-0.3, -0.25) is 0 Å². The maximum absolute atomic E-state index is 5.26. The van der Waals surface area contributed by atoms with E-state index in [-0.39, 0.29) is 0 Å². The van der Waals surface area contributed by atoms with Crippen LogP contribution in [-0.2, 0) is 4.74 Å². The maximum atomic E-state index is 5.26. The van der Waals surface area contributed by atoms with Crippen molar-refractivity contribution in [3.05, 3.63) is 0 Å². The van der Waals surface area contributed by atoms with Crippen LogP contribution in [0.15, 0.2) is 4.99 Å². The molecule has 0 aliphatic carbocycles. The lowest BCUT2D eigenvalue weighted by atomic mass is 10.4. The Morgan fingerprint density at radius 2 is 1.80 bits per heavy atom. The Balaban J connectivity index is 1.78. The van der Waals surface area contributed by atoms with E-state index in [9.17, 15) is 0 Å². The van der Waals surface area contributed by atoms with E-state index in [1.54, 1.807) is 0 Å². The van der Waals surface area contributed by atoms with E-state index in [4.69, 9.17) is 17.0 Å². The SMILES string of the molecule is S=C(N=CN1CCOCC1)N1CCCC1. The third-order valence-electron chi connectivity index (χ3n) is 2.75. The van der Waals surface area contributed by atoms with Crippen LogP contribution in [0.5, 0.6) is 0 Å². The van der Waals surface area contributed by atoms with Crippen LogP contribution < -0.4 is 0 Å². The molecule has 5 heteroatoms. The monoisotopic (exact) mass is 227 g/mol. The van der Waals surface area contributed by atoms with Gasteiger partial charge >= 0.3 is 0 Å². The molecule has 0 amide bonds. The molecule has 0 N–H and O–H groups in total. The Kier molecular flexibility index (Phi) is 3.91. The lowest BCUT2D eigenvalue weighted by molar-refractivity contribution is 0.0701. The summed E-state index contributed by atoms with van der Waals surface area (Å²) in [5.74, 6) is 0. The zero-order chi connectivity index (χ0) is 10.5. The molecule has 4 nitrogen and oxygen atoms in total. The molecule has 2 rings (SSSR count). The second-order valence-corrected chi connectivity index (χ2v) is 4.23. The molecule has 0 saturated carbocycles. The van der Waals surface area contributed by atoms with Crippen LogP contribution >= 0.6 is 12.2 Å². The van der Waals surface area contributed by atoms with Gasteiger partial charge in [0.25, 0.3) is 0 Å². The van der Waals surface area contributed by atoms with Gasteiger partial charge in [-0.2, -0.15) is 0 Å². The highest BCUT2D eigenvalue weighted by Gasteiger charge is 2.14. The van der Waals surface area contributed by atoms with E-state index in [1.165, 1.54) is 12.8 Å². The zero-order valence-corrected chi connectivity index (χ0v) is 9.71. The van der Waals surface area contributed by atoms with Gasteiger partial charge in [0.2, 0.25) is 0 Å². The van der Waals surface area contributed by atoms with E-state index >= 15 is 0 Å². The first kappa shape index (κ1) is 10.8. The highest BCUT2D eigenvalue weighted by atomic mass is 32.1. The number of hydrogen-bond acceptors (Lipinski definition) is 2. The van der Waals surface area contributed by atoms with Crippen molar-refractivity contribution in [1.29, 1.82) is 0 Å². The minimum atomic E-state index is 0.735. The number of hydrogen-bond donors (Lipinski definition) is 0. The maximum Gasteiger partial charge on any atom is 0.196 e. The molecule has 2 heterocycles. The molecule has 15 heavy (non-hydrogen) atoms. The van der Waals surface area contributed by atoms with Crippen LogP contribution in [0, 0.1) is 0 Å². The first-order valence-electron chi connectivity index (χ1n) is 5.51. The topological polar surface area (TPSA) is 28.1 Å². The molecule has 0 atom stereocenters. The Morgan fingerprint density at radius 1 is 1.13 bits per heavy atom. The van der Waals surface area contributed by atoms with Crippen molar-refractivity contribution in [2.75, 3.05) is 39.4 Å². The normalized spacial score (nSPS) is 22.7. The molecule has 2 saturated heterocycles. The first-order chi connectivity index (χ1) is 7.36. The fraction of sp³-hybridized carbons (Fsp3) is 0.800. The summed E-state index contributed by atoms with van der Waals surface area (Å²) >= 11 is 5.25. The summed E-state index contributed by atoms with van der Waals surface area (Å²) in [7, 11) is 0. The number of nitrogens with zero attached hydrogens (tertiary/aromatic N) is 3. The number of ether oxygens (including phenoxy) is 1. The van der Waals surface area contributed by atoms with Gasteiger partial charge in [-0.25, -0.2) is 4.99 Å². The highest BCUT2D eigenvalue weighted by Crippen LogP contribution is 2.08. The third-order valence-corrected chi connectivity index (χ3v) is 3.12. The van der Waals surface area contributed by atoms with Crippen molar-refractivity contribution in [2.24, 2.45) is 4.99 Å². The van der Waals surface area contributed by atoms with Crippen LogP contribution in [0.2, 0.25) is 0 Å². The van der Waals surface area contributed by atoms with Crippen LogP contribution in [0.4, 0.5) is 0 Å².